The van der Waals surface area contributed by atoms with Crippen molar-refractivity contribution in [3.63, 3.8) is 0 Å². The van der Waals surface area contributed by atoms with Crippen LogP contribution in [0.25, 0.3) is 10.9 Å². The van der Waals surface area contributed by atoms with Gasteiger partial charge in [0.1, 0.15) is 11.6 Å². The Hall–Kier alpha value is -2.70. The van der Waals surface area contributed by atoms with Crippen LogP contribution < -0.4 is 10.6 Å². The topological polar surface area (TPSA) is 75.4 Å². The molecule has 29 heavy (non-hydrogen) atoms. The zero-order valence-electron chi connectivity index (χ0n) is 16.4. The number of halogens is 1. The Balaban J connectivity index is 1.41. The van der Waals surface area contributed by atoms with Crippen LogP contribution in [0.1, 0.15) is 11.4 Å². The van der Waals surface area contributed by atoms with Crippen molar-refractivity contribution in [3.8, 4) is 0 Å². The molecule has 4 rings (SSSR count). The quantitative estimate of drug-likeness (QED) is 0.717. The smallest absolute Gasteiger partial charge is 0.239 e. The van der Waals surface area contributed by atoms with E-state index in [9.17, 15) is 4.79 Å². The number of anilines is 1. The highest BCUT2D eigenvalue weighted by Crippen LogP contribution is 2.25. The molecule has 2 heterocycles. The molecule has 6 nitrogen and oxygen atoms in total. The summed E-state index contributed by atoms with van der Waals surface area (Å²) in [6, 6.07) is 14.9. The van der Waals surface area contributed by atoms with E-state index < -0.39 is 6.04 Å². The van der Waals surface area contributed by atoms with Crippen LogP contribution in [0.2, 0.25) is 5.02 Å². The molecule has 150 valence electrons. The molecule has 1 aliphatic heterocycles. The van der Waals surface area contributed by atoms with E-state index in [0.717, 1.165) is 41.2 Å². The molecule has 2 N–H and O–H groups in total. The number of carbonyl (C=O) groups excluding carboxylic acids is 1. The molecule has 1 unspecified atom stereocenters. The van der Waals surface area contributed by atoms with Gasteiger partial charge in [0.05, 0.1) is 11.6 Å². The summed E-state index contributed by atoms with van der Waals surface area (Å²) in [4.78, 5) is 26.1. The van der Waals surface area contributed by atoms with Gasteiger partial charge in [-0.1, -0.05) is 35.9 Å². The monoisotopic (exact) mass is 409 g/mol. The lowest BCUT2D eigenvalue weighted by molar-refractivity contribution is -0.132. The van der Waals surface area contributed by atoms with Gasteiger partial charge in [-0.25, -0.2) is 9.97 Å². The Morgan fingerprint density at radius 2 is 1.76 bits per heavy atom. The second kappa shape index (κ2) is 8.35. The van der Waals surface area contributed by atoms with Crippen molar-refractivity contribution in [1.82, 2.24) is 14.9 Å². The van der Waals surface area contributed by atoms with Crippen molar-refractivity contribution in [2.45, 2.75) is 19.4 Å². The molecule has 1 aromatic heterocycles. The highest BCUT2D eigenvalue weighted by Gasteiger charge is 2.26. The molecular weight excluding hydrogens is 386 g/mol. The van der Waals surface area contributed by atoms with Crippen LogP contribution in [0.5, 0.6) is 0 Å². The summed E-state index contributed by atoms with van der Waals surface area (Å²) in [5.74, 6) is 1.68. The fourth-order valence-corrected chi connectivity index (χ4v) is 3.87. The van der Waals surface area contributed by atoms with E-state index in [2.05, 4.69) is 14.9 Å². The number of carbonyl (C=O) groups is 1. The predicted molar refractivity (Wildman–Crippen MR) is 116 cm³/mol. The van der Waals surface area contributed by atoms with Crippen LogP contribution in [0.3, 0.4) is 0 Å². The maximum Gasteiger partial charge on any atom is 0.239 e. The Labute approximate surface area is 175 Å². The standard InChI is InChI=1S/C22H24ClN5O/c1-15-25-20-5-3-2-4-18(20)21(26-15)27-10-12-28(13-11-27)22(29)19(24)14-16-6-8-17(23)9-7-16/h2-9,19H,10-14,24H2,1H3. The van der Waals surface area contributed by atoms with Crippen molar-refractivity contribution in [1.29, 1.82) is 0 Å². The number of fused-ring (bicyclic) bond motifs is 1. The lowest BCUT2D eigenvalue weighted by atomic mass is 10.1. The van der Waals surface area contributed by atoms with Crippen molar-refractivity contribution in [2.24, 2.45) is 5.73 Å². The van der Waals surface area contributed by atoms with Crippen LogP contribution in [0.15, 0.2) is 48.5 Å². The fraction of sp³-hybridized carbons (Fsp3) is 0.318. The summed E-state index contributed by atoms with van der Waals surface area (Å²) in [6.45, 7) is 4.61. The Kier molecular flexibility index (Phi) is 5.65. The van der Waals surface area contributed by atoms with Crippen LogP contribution in [0, 0.1) is 6.92 Å². The van der Waals surface area contributed by atoms with E-state index in [1.165, 1.54) is 0 Å². The molecule has 0 radical (unpaired) electrons. The number of nitrogens with two attached hydrogens (primary N) is 1. The second-order valence-electron chi connectivity index (χ2n) is 7.36. The number of amides is 1. The molecular formula is C22H24ClN5O. The average molecular weight is 410 g/mol. The Bertz CT molecular complexity index is 1020. The fourth-order valence-electron chi connectivity index (χ4n) is 3.75. The zero-order chi connectivity index (χ0) is 20.4. The summed E-state index contributed by atoms with van der Waals surface area (Å²) in [6.07, 6.45) is 0.506. The summed E-state index contributed by atoms with van der Waals surface area (Å²) in [7, 11) is 0. The lowest BCUT2D eigenvalue weighted by Gasteiger charge is -2.37. The van der Waals surface area contributed by atoms with Gasteiger partial charge in [-0.05, 0) is 43.2 Å². The molecule has 1 aliphatic rings. The molecule has 2 aromatic carbocycles. The molecule has 7 heteroatoms. The first-order chi connectivity index (χ1) is 14.0. The van der Waals surface area contributed by atoms with Gasteiger partial charge >= 0.3 is 0 Å². The Morgan fingerprint density at radius 1 is 1.07 bits per heavy atom. The van der Waals surface area contributed by atoms with Gasteiger partial charge in [0.2, 0.25) is 5.91 Å². The number of hydrogen-bond donors (Lipinski definition) is 1. The predicted octanol–water partition coefficient (Wildman–Crippen LogP) is 2.81. The van der Waals surface area contributed by atoms with E-state index in [1.807, 2.05) is 60.4 Å². The largest absolute Gasteiger partial charge is 0.352 e. The molecule has 1 fully saturated rings. The number of nitrogens with zero attached hydrogens (tertiary/aromatic N) is 4. The van der Waals surface area contributed by atoms with E-state index >= 15 is 0 Å². The molecule has 1 amide bonds. The number of rotatable bonds is 4. The van der Waals surface area contributed by atoms with Crippen molar-refractivity contribution < 1.29 is 4.79 Å². The summed E-state index contributed by atoms with van der Waals surface area (Å²) in [5.41, 5.74) is 8.15. The first kappa shape index (κ1) is 19.6. The number of aryl methyl sites for hydroxylation is 1. The maximum absolute atomic E-state index is 12.8. The van der Waals surface area contributed by atoms with Gasteiger partial charge in [-0.3, -0.25) is 4.79 Å². The van der Waals surface area contributed by atoms with Crippen LogP contribution >= 0.6 is 11.6 Å². The van der Waals surface area contributed by atoms with Gasteiger partial charge in [-0.15, -0.1) is 0 Å². The number of para-hydroxylation sites is 1. The minimum Gasteiger partial charge on any atom is -0.352 e. The maximum atomic E-state index is 12.8. The first-order valence-electron chi connectivity index (χ1n) is 9.78. The van der Waals surface area contributed by atoms with Crippen molar-refractivity contribution in [2.75, 3.05) is 31.1 Å². The number of benzene rings is 2. The lowest BCUT2D eigenvalue weighted by Crippen LogP contribution is -2.53. The first-order valence-corrected chi connectivity index (χ1v) is 10.2. The van der Waals surface area contributed by atoms with Gasteiger partial charge in [0.15, 0.2) is 0 Å². The normalized spacial score (nSPS) is 15.6. The molecule has 0 saturated carbocycles. The third kappa shape index (κ3) is 4.33. The molecule has 3 aromatic rings. The third-order valence-electron chi connectivity index (χ3n) is 5.27. The van der Waals surface area contributed by atoms with Crippen LogP contribution in [-0.4, -0.2) is 53.0 Å². The van der Waals surface area contributed by atoms with Gasteiger partial charge in [0.25, 0.3) is 0 Å². The van der Waals surface area contributed by atoms with E-state index in [4.69, 9.17) is 17.3 Å². The zero-order valence-corrected chi connectivity index (χ0v) is 17.1. The minimum absolute atomic E-state index is 0.0108. The second-order valence-corrected chi connectivity index (χ2v) is 7.80. The minimum atomic E-state index is -0.551. The molecule has 0 bridgehead atoms. The molecule has 1 atom stereocenters. The molecule has 0 aliphatic carbocycles. The van der Waals surface area contributed by atoms with E-state index in [-0.39, 0.29) is 5.91 Å². The molecule has 1 saturated heterocycles. The van der Waals surface area contributed by atoms with Gasteiger partial charge in [0, 0.05) is 36.6 Å². The summed E-state index contributed by atoms with van der Waals surface area (Å²) in [5, 5.41) is 1.72. The van der Waals surface area contributed by atoms with Crippen molar-refractivity contribution >= 4 is 34.2 Å². The Morgan fingerprint density at radius 3 is 2.48 bits per heavy atom. The van der Waals surface area contributed by atoms with Gasteiger partial charge < -0.3 is 15.5 Å². The average Bonchev–Trinajstić information content (AvgIpc) is 2.74. The SMILES string of the molecule is Cc1nc(N2CCN(C(=O)C(N)Cc3ccc(Cl)cc3)CC2)c2ccccc2n1. The molecule has 0 spiro atoms. The van der Waals surface area contributed by atoms with E-state index in [0.29, 0.717) is 24.5 Å². The summed E-state index contributed by atoms with van der Waals surface area (Å²) >= 11 is 5.92. The van der Waals surface area contributed by atoms with E-state index in [1.54, 1.807) is 0 Å². The third-order valence-corrected chi connectivity index (χ3v) is 5.52. The highest BCUT2D eigenvalue weighted by atomic mass is 35.5. The highest BCUT2D eigenvalue weighted by molar-refractivity contribution is 6.30. The van der Waals surface area contributed by atoms with Gasteiger partial charge in [-0.2, -0.15) is 0 Å². The summed E-state index contributed by atoms with van der Waals surface area (Å²) < 4.78 is 0. The number of aromatic nitrogens is 2. The van der Waals surface area contributed by atoms with Crippen LogP contribution in [-0.2, 0) is 11.2 Å². The van der Waals surface area contributed by atoms with Crippen molar-refractivity contribution in [3.05, 3.63) is 64.9 Å². The van der Waals surface area contributed by atoms with Crippen LogP contribution in [0.4, 0.5) is 5.82 Å². The number of hydrogen-bond acceptors (Lipinski definition) is 5. The number of piperazine rings is 1.